The quantitative estimate of drug-likeness (QED) is 0.826. The van der Waals surface area contributed by atoms with Crippen LogP contribution < -0.4 is 9.47 Å². The number of methoxy groups -OCH3 is 2. The minimum absolute atomic E-state index is 0.536. The maximum atomic E-state index is 5.23. The van der Waals surface area contributed by atoms with Gasteiger partial charge in [-0.15, -0.1) is 0 Å². The summed E-state index contributed by atoms with van der Waals surface area (Å²) >= 11 is 0. The summed E-state index contributed by atoms with van der Waals surface area (Å²) in [4.78, 5) is 8.31. The van der Waals surface area contributed by atoms with Gasteiger partial charge in [0.05, 0.1) is 14.2 Å². The normalized spacial score (nSPS) is 9.89. The molecule has 0 fully saturated rings. The van der Waals surface area contributed by atoms with Crippen LogP contribution in [0.25, 0.3) is 5.57 Å². The zero-order chi connectivity index (χ0) is 13.0. The third-order valence-corrected chi connectivity index (χ3v) is 2.58. The molecular weight excluding hydrogens is 228 g/mol. The fourth-order valence-electron chi connectivity index (χ4n) is 1.71. The zero-order valence-corrected chi connectivity index (χ0v) is 10.4. The summed E-state index contributed by atoms with van der Waals surface area (Å²) in [7, 11) is 3.17. The lowest BCUT2D eigenvalue weighted by molar-refractivity contribution is 0.394. The monoisotopic (exact) mass is 242 g/mol. The van der Waals surface area contributed by atoms with Crippen molar-refractivity contribution < 1.29 is 9.47 Å². The summed E-state index contributed by atoms with van der Waals surface area (Å²) < 4.78 is 10.5. The smallest absolute Gasteiger partial charge is 0.221 e. The van der Waals surface area contributed by atoms with Gasteiger partial charge in [-0.1, -0.05) is 6.58 Å². The summed E-state index contributed by atoms with van der Waals surface area (Å²) in [6.45, 7) is 4.07. The molecule has 2 rings (SSSR count). The number of nitrogens with zero attached hydrogens (tertiary/aromatic N) is 2. The van der Waals surface area contributed by atoms with Gasteiger partial charge in [-0.2, -0.15) is 0 Å². The van der Waals surface area contributed by atoms with Crippen molar-refractivity contribution in [3.8, 4) is 11.8 Å². The van der Waals surface area contributed by atoms with Crippen LogP contribution in [0.1, 0.15) is 11.1 Å². The molecule has 0 aliphatic heterocycles. The molecule has 92 valence electrons. The first-order chi connectivity index (χ1) is 8.77. The van der Waals surface area contributed by atoms with Gasteiger partial charge in [0.15, 0.2) is 0 Å². The van der Waals surface area contributed by atoms with Crippen molar-refractivity contribution in [2.75, 3.05) is 14.2 Å². The SMILES string of the molecule is C=C(c1cccnc1OC)c1cccnc1OC. The van der Waals surface area contributed by atoms with Crippen molar-refractivity contribution in [1.29, 1.82) is 0 Å². The molecule has 0 amide bonds. The van der Waals surface area contributed by atoms with Crippen molar-refractivity contribution in [1.82, 2.24) is 9.97 Å². The van der Waals surface area contributed by atoms with Crippen LogP contribution in [-0.2, 0) is 0 Å². The highest BCUT2D eigenvalue weighted by molar-refractivity contribution is 5.82. The van der Waals surface area contributed by atoms with Gasteiger partial charge in [0, 0.05) is 23.5 Å². The average molecular weight is 242 g/mol. The summed E-state index contributed by atoms with van der Waals surface area (Å²) in [6, 6.07) is 7.49. The molecule has 0 saturated heterocycles. The Morgan fingerprint density at radius 1 is 0.944 bits per heavy atom. The van der Waals surface area contributed by atoms with E-state index in [0.29, 0.717) is 11.8 Å². The molecule has 0 bridgehead atoms. The van der Waals surface area contributed by atoms with Crippen LogP contribution in [0.2, 0.25) is 0 Å². The molecule has 0 N–H and O–H groups in total. The number of pyridine rings is 2. The van der Waals surface area contributed by atoms with Crippen molar-refractivity contribution in [2.24, 2.45) is 0 Å². The predicted octanol–water partition coefficient (Wildman–Crippen LogP) is 2.56. The molecule has 0 radical (unpaired) electrons. The molecule has 2 heterocycles. The number of aromatic nitrogens is 2. The molecular formula is C14H14N2O2. The van der Waals surface area contributed by atoms with Crippen molar-refractivity contribution in [3.05, 3.63) is 54.4 Å². The minimum Gasteiger partial charge on any atom is -0.481 e. The maximum absolute atomic E-state index is 5.23. The first-order valence-electron chi connectivity index (χ1n) is 5.45. The average Bonchev–Trinajstić information content (AvgIpc) is 2.46. The molecule has 0 aliphatic carbocycles. The second kappa shape index (κ2) is 5.31. The summed E-state index contributed by atoms with van der Waals surface area (Å²) in [5, 5.41) is 0. The Kier molecular flexibility index (Phi) is 3.57. The molecule has 0 aromatic carbocycles. The lowest BCUT2D eigenvalue weighted by Crippen LogP contribution is -1.98. The van der Waals surface area contributed by atoms with E-state index in [1.54, 1.807) is 26.6 Å². The van der Waals surface area contributed by atoms with E-state index in [9.17, 15) is 0 Å². The Bertz CT molecular complexity index is 518. The molecule has 2 aromatic rings. The van der Waals surface area contributed by atoms with Crippen LogP contribution in [0.5, 0.6) is 11.8 Å². The number of rotatable bonds is 4. The van der Waals surface area contributed by atoms with E-state index < -0.39 is 0 Å². The van der Waals surface area contributed by atoms with E-state index in [2.05, 4.69) is 16.5 Å². The van der Waals surface area contributed by atoms with Crippen LogP contribution in [-0.4, -0.2) is 24.2 Å². The first-order valence-corrected chi connectivity index (χ1v) is 5.45. The van der Waals surface area contributed by atoms with E-state index in [1.165, 1.54) is 0 Å². The van der Waals surface area contributed by atoms with E-state index in [1.807, 2.05) is 24.3 Å². The lowest BCUT2D eigenvalue weighted by atomic mass is 10.0. The largest absolute Gasteiger partial charge is 0.481 e. The fourth-order valence-corrected chi connectivity index (χ4v) is 1.71. The van der Waals surface area contributed by atoms with Crippen LogP contribution in [0.4, 0.5) is 0 Å². The second-order valence-corrected chi connectivity index (χ2v) is 3.60. The van der Waals surface area contributed by atoms with Gasteiger partial charge >= 0.3 is 0 Å². The highest BCUT2D eigenvalue weighted by Gasteiger charge is 2.13. The van der Waals surface area contributed by atoms with Gasteiger partial charge in [-0.25, -0.2) is 9.97 Å². The Hall–Kier alpha value is -2.36. The van der Waals surface area contributed by atoms with Crippen LogP contribution in [0, 0.1) is 0 Å². The van der Waals surface area contributed by atoms with Gasteiger partial charge in [0.1, 0.15) is 0 Å². The Morgan fingerprint density at radius 3 is 1.78 bits per heavy atom. The lowest BCUT2D eigenvalue weighted by Gasteiger charge is -2.12. The Morgan fingerprint density at radius 2 is 1.39 bits per heavy atom. The van der Waals surface area contributed by atoms with Crippen molar-refractivity contribution in [3.63, 3.8) is 0 Å². The molecule has 0 saturated carbocycles. The van der Waals surface area contributed by atoms with Gasteiger partial charge in [0.25, 0.3) is 0 Å². The minimum atomic E-state index is 0.536. The highest BCUT2D eigenvalue weighted by atomic mass is 16.5. The number of hydrogen-bond acceptors (Lipinski definition) is 4. The Labute approximate surface area is 106 Å². The number of hydrogen-bond donors (Lipinski definition) is 0. The molecule has 4 nitrogen and oxygen atoms in total. The Balaban J connectivity index is 2.48. The molecule has 18 heavy (non-hydrogen) atoms. The molecule has 4 heteroatoms. The summed E-state index contributed by atoms with van der Waals surface area (Å²) in [5.74, 6) is 1.07. The van der Waals surface area contributed by atoms with E-state index in [4.69, 9.17) is 9.47 Å². The van der Waals surface area contributed by atoms with Crippen LogP contribution in [0.15, 0.2) is 43.2 Å². The fraction of sp³-hybridized carbons (Fsp3) is 0.143. The molecule has 2 aromatic heterocycles. The highest BCUT2D eigenvalue weighted by Crippen LogP contribution is 2.31. The van der Waals surface area contributed by atoms with Crippen LogP contribution in [0.3, 0.4) is 0 Å². The maximum Gasteiger partial charge on any atom is 0.221 e. The van der Waals surface area contributed by atoms with Gasteiger partial charge in [0.2, 0.25) is 11.8 Å². The van der Waals surface area contributed by atoms with Crippen molar-refractivity contribution in [2.45, 2.75) is 0 Å². The van der Waals surface area contributed by atoms with Gasteiger partial charge in [-0.3, -0.25) is 0 Å². The molecule has 0 spiro atoms. The van der Waals surface area contributed by atoms with Crippen LogP contribution >= 0.6 is 0 Å². The molecule has 0 unspecified atom stereocenters. The third kappa shape index (κ3) is 2.18. The zero-order valence-electron chi connectivity index (χ0n) is 10.4. The van der Waals surface area contributed by atoms with Crippen molar-refractivity contribution >= 4 is 5.57 Å². The third-order valence-electron chi connectivity index (χ3n) is 2.58. The first kappa shape index (κ1) is 12.1. The summed E-state index contributed by atoms with van der Waals surface area (Å²) in [6.07, 6.45) is 3.35. The van der Waals surface area contributed by atoms with Gasteiger partial charge < -0.3 is 9.47 Å². The second-order valence-electron chi connectivity index (χ2n) is 3.60. The standard InChI is InChI=1S/C14H14N2O2/c1-10(11-6-4-8-15-13(11)17-2)12-7-5-9-16-14(12)18-3/h4-9H,1H2,2-3H3. The molecule has 0 atom stereocenters. The topological polar surface area (TPSA) is 44.2 Å². The van der Waals surface area contributed by atoms with E-state index >= 15 is 0 Å². The van der Waals surface area contributed by atoms with E-state index in [0.717, 1.165) is 16.7 Å². The summed E-state index contributed by atoms with van der Waals surface area (Å²) in [5.41, 5.74) is 2.42. The van der Waals surface area contributed by atoms with Gasteiger partial charge in [-0.05, 0) is 29.8 Å². The van der Waals surface area contributed by atoms with E-state index in [-0.39, 0.29) is 0 Å². The predicted molar refractivity (Wildman–Crippen MR) is 69.7 cm³/mol. The molecule has 0 aliphatic rings. The number of ether oxygens (including phenoxy) is 2.